The Bertz CT molecular complexity index is 570. The van der Waals surface area contributed by atoms with E-state index in [1.54, 1.807) is 0 Å². The average Bonchev–Trinajstić information content (AvgIpc) is 2.55. The van der Waals surface area contributed by atoms with E-state index in [4.69, 9.17) is 20.6 Å². The first-order valence-electron chi connectivity index (χ1n) is 8.26. The van der Waals surface area contributed by atoms with E-state index in [0.717, 1.165) is 11.1 Å². The summed E-state index contributed by atoms with van der Waals surface area (Å²) >= 11 is 0. The van der Waals surface area contributed by atoms with Crippen LogP contribution in [0.25, 0.3) is 0 Å². The zero-order chi connectivity index (χ0) is 18.3. The summed E-state index contributed by atoms with van der Waals surface area (Å²) in [5, 5.41) is 10.4. The molecule has 0 spiro atoms. The molecule has 2 amide bonds. The zero-order valence-electron chi connectivity index (χ0n) is 15.2. The third-order valence-corrected chi connectivity index (χ3v) is 3.62. The van der Waals surface area contributed by atoms with Crippen LogP contribution in [-0.2, 0) is 12.8 Å². The van der Waals surface area contributed by atoms with E-state index >= 15 is 0 Å². The van der Waals surface area contributed by atoms with Gasteiger partial charge in [-0.2, -0.15) is 0 Å². The normalized spacial score (nSPS) is 10.2. The van der Waals surface area contributed by atoms with E-state index in [-0.39, 0.29) is 5.96 Å². The van der Waals surface area contributed by atoms with Gasteiger partial charge in [-0.15, -0.1) is 0 Å². The molecule has 0 aliphatic heterocycles. The summed E-state index contributed by atoms with van der Waals surface area (Å²) in [6, 6.07) is 1.39. The standard InChI is InChI=1S/C17H28N4O3/c1-6-11-13(23-8-3)10-14(24-9-4)12(7-2)15(11)21(16(18)19)17(22)20-5/h10H,6-9H2,1-5H3,(H3,18,19)(H,20,22). The Balaban J connectivity index is 3.79. The SMILES string of the molecule is CCOc1cc(OCC)c(CC)c(N(C(=N)N)C(=O)NC)c1CC. The van der Waals surface area contributed by atoms with E-state index in [0.29, 0.717) is 43.2 Å². The molecule has 0 aromatic heterocycles. The van der Waals surface area contributed by atoms with Crippen molar-refractivity contribution >= 4 is 17.7 Å². The maximum atomic E-state index is 12.3. The number of amides is 2. The number of benzene rings is 1. The first kappa shape index (κ1) is 19.6. The Morgan fingerprint density at radius 3 is 1.88 bits per heavy atom. The minimum absolute atomic E-state index is 0.352. The molecule has 0 aliphatic rings. The Labute approximate surface area is 143 Å². The van der Waals surface area contributed by atoms with Crippen molar-refractivity contribution in [3.8, 4) is 11.5 Å². The third-order valence-electron chi connectivity index (χ3n) is 3.62. The molecule has 0 heterocycles. The van der Waals surface area contributed by atoms with Gasteiger partial charge in [0.1, 0.15) is 11.5 Å². The second kappa shape index (κ2) is 9.00. The first-order chi connectivity index (χ1) is 11.5. The van der Waals surface area contributed by atoms with Crippen molar-refractivity contribution in [2.24, 2.45) is 5.73 Å². The number of hydrogen-bond donors (Lipinski definition) is 3. The minimum atomic E-state index is -0.469. The lowest BCUT2D eigenvalue weighted by molar-refractivity contribution is 0.250. The molecule has 1 rings (SSSR count). The van der Waals surface area contributed by atoms with Crippen LogP contribution in [0, 0.1) is 5.41 Å². The molecule has 0 bridgehead atoms. The van der Waals surface area contributed by atoms with Crippen molar-refractivity contribution in [1.29, 1.82) is 5.41 Å². The predicted octanol–water partition coefficient (Wildman–Crippen LogP) is 2.65. The van der Waals surface area contributed by atoms with Crippen molar-refractivity contribution in [2.45, 2.75) is 40.5 Å². The van der Waals surface area contributed by atoms with Crippen LogP contribution in [0.15, 0.2) is 6.07 Å². The van der Waals surface area contributed by atoms with Crippen LogP contribution in [0.2, 0.25) is 0 Å². The summed E-state index contributed by atoms with van der Waals surface area (Å²) < 4.78 is 11.5. The van der Waals surface area contributed by atoms with Crippen LogP contribution >= 0.6 is 0 Å². The number of nitrogens with one attached hydrogen (secondary N) is 2. The fourth-order valence-electron chi connectivity index (χ4n) is 2.67. The molecule has 4 N–H and O–H groups in total. The number of anilines is 1. The molecule has 7 nitrogen and oxygen atoms in total. The van der Waals surface area contributed by atoms with Crippen LogP contribution in [0.5, 0.6) is 11.5 Å². The molecule has 0 radical (unpaired) electrons. The number of guanidine groups is 1. The van der Waals surface area contributed by atoms with Crippen molar-refractivity contribution in [1.82, 2.24) is 5.32 Å². The Morgan fingerprint density at radius 1 is 1.12 bits per heavy atom. The largest absolute Gasteiger partial charge is 0.493 e. The molecular weight excluding hydrogens is 308 g/mol. The van der Waals surface area contributed by atoms with E-state index in [1.165, 1.54) is 11.9 Å². The monoisotopic (exact) mass is 336 g/mol. The fourth-order valence-corrected chi connectivity index (χ4v) is 2.67. The second-order valence-corrected chi connectivity index (χ2v) is 5.03. The van der Waals surface area contributed by atoms with E-state index < -0.39 is 6.03 Å². The lowest BCUT2D eigenvalue weighted by Gasteiger charge is -2.28. The highest BCUT2D eigenvalue weighted by Gasteiger charge is 2.27. The zero-order valence-corrected chi connectivity index (χ0v) is 15.2. The van der Waals surface area contributed by atoms with Crippen molar-refractivity contribution in [3.63, 3.8) is 0 Å². The van der Waals surface area contributed by atoms with Gasteiger partial charge < -0.3 is 20.5 Å². The van der Waals surface area contributed by atoms with Gasteiger partial charge in [-0.25, -0.2) is 9.69 Å². The molecule has 1 aromatic carbocycles. The number of nitrogens with two attached hydrogens (primary N) is 1. The maximum Gasteiger partial charge on any atom is 0.328 e. The maximum absolute atomic E-state index is 12.3. The van der Waals surface area contributed by atoms with Gasteiger partial charge in [-0.05, 0) is 26.7 Å². The van der Waals surface area contributed by atoms with Crippen LogP contribution in [-0.4, -0.2) is 32.3 Å². The lowest BCUT2D eigenvalue weighted by Crippen LogP contribution is -2.47. The Morgan fingerprint density at radius 2 is 1.58 bits per heavy atom. The number of rotatable bonds is 7. The van der Waals surface area contributed by atoms with Crippen LogP contribution in [0.1, 0.15) is 38.8 Å². The highest BCUT2D eigenvalue weighted by molar-refractivity contribution is 6.15. The van der Waals surface area contributed by atoms with Gasteiger partial charge in [0.05, 0.1) is 18.9 Å². The van der Waals surface area contributed by atoms with Gasteiger partial charge in [-0.1, -0.05) is 13.8 Å². The molecule has 0 atom stereocenters. The van der Waals surface area contributed by atoms with Gasteiger partial charge in [0.15, 0.2) is 0 Å². The average molecular weight is 336 g/mol. The predicted molar refractivity (Wildman–Crippen MR) is 96.4 cm³/mol. The summed E-state index contributed by atoms with van der Waals surface area (Å²) in [4.78, 5) is 13.5. The van der Waals surface area contributed by atoms with Gasteiger partial charge in [0, 0.05) is 24.2 Å². The van der Waals surface area contributed by atoms with E-state index in [1.807, 2.05) is 33.8 Å². The van der Waals surface area contributed by atoms with E-state index in [2.05, 4.69) is 5.32 Å². The summed E-state index contributed by atoms with van der Waals surface area (Å²) in [7, 11) is 1.51. The first-order valence-corrected chi connectivity index (χ1v) is 8.26. The van der Waals surface area contributed by atoms with Crippen molar-refractivity contribution in [2.75, 3.05) is 25.2 Å². The van der Waals surface area contributed by atoms with Gasteiger partial charge in [0.25, 0.3) is 0 Å². The second-order valence-electron chi connectivity index (χ2n) is 5.03. The molecular formula is C17H28N4O3. The molecule has 0 fully saturated rings. The van der Waals surface area contributed by atoms with Crippen LogP contribution in [0.4, 0.5) is 10.5 Å². The fraction of sp³-hybridized carbons (Fsp3) is 0.529. The number of ether oxygens (including phenoxy) is 2. The molecule has 0 saturated carbocycles. The number of urea groups is 1. The highest BCUT2D eigenvalue weighted by atomic mass is 16.5. The number of carbonyl (C=O) groups is 1. The molecule has 134 valence electrons. The molecule has 0 saturated heterocycles. The summed E-state index contributed by atoms with van der Waals surface area (Å²) in [6.45, 7) is 8.73. The smallest absolute Gasteiger partial charge is 0.328 e. The van der Waals surface area contributed by atoms with Crippen LogP contribution in [0.3, 0.4) is 0 Å². The number of hydrogen-bond acceptors (Lipinski definition) is 4. The Kier molecular flexibility index (Phi) is 7.35. The lowest BCUT2D eigenvalue weighted by atomic mass is 9.99. The summed E-state index contributed by atoms with van der Waals surface area (Å²) in [5.41, 5.74) is 7.94. The minimum Gasteiger partial charge on any atom is -0.493 e. The van der Waals surface area contributed by atoms with Gasteiger partial charge in [-0.3, -0.25) is 5.41 Å². The number of carbonyl (C=O) groups excluding carboxylic acids is 1. The highest BCUT2D eigenvalue weighted by Crippen LogP contribution is 2.40. The van der Waals surface area contributed by atoms with Crippen molar-refractivity contribution in [3.05, 3.63) is 17.2 Å². The van der Waals surface area contributed by atoms with Gasteiger partial charge >= 0.3 is 6.03 Å². The third kappa shape index (κ3) is 3.90. The molecule has 1 aromatic rings. The summed E-state index contributed by atoms with van der Waals surface area (Å²) in [6.07, 6.45) is 1.26. The Hall–Kier alpha value is -2.44. The topological polar surface area (TPSA) is 101 Å². The van der Waals surface area contributed by atoms with Gasteiger partial charge in [0.2, 0.25) is 5.96 Å². The molecule has 0 aliphatic carbocycles. The van der Waals surface area contributed by atoms with E-state index in [9.17, 15) is 4.79 Å². The molecule has 24 heavy (non-hydrogen) atoms. The molecule has 7 heteroatoms. The number of nitrogens with zero attached hydrogens (tertiary/aromatic N) is 1. The van der Waals surface area contributed by atoms with Crippen molar-refractivity contribution < 1.29 is 14.3 Å². The quantitative estimate of drug-likeness (QED) is 0.526. The summed E-state index contributed by atoms with van der Waals surface area (Å²) in [5.74, 6) is 0.937. The molecule has 0 unspecified atom stereocenters. The van der Waals surface area contributed by atoms with Crippen LogP contribution < -0.4 is 25.4 Å².